The van der Waals surface area contributed by atoms with Gasteiger partial charge in [-0.05, 0) is 49.6 Å². The Kier molecular flexibility index (Phi) is 4.55. The van der Waals surface area contributed by atoms with Gasteiger partial charge in [0.2, 0.25) is 0 Å². The Morgan fingerprint density at radius 1 is 0.895 bits per heavy atom. The van der Waals surface area contributed by atoms with E-state index in [0.717, 1.165) is 11.8 Å². The van der Waals surface area contributed by atoms with E-state index in [4.69, 9.17) is 0 Å². The van der Waals surface area contributed by atoms with Crippen LogP contribution in [0.25, 0.3) is 0 Å². The summed E-state index contributed by atoms with van der Waals surface area (Å²) < 4.78 is 0. The van der Waals surface area contributed by atoms with Crippen LogP contribution in [0.1, 0.15) is 56.4 Å². The van der Waals surface area contributed by atoms with Crippen molar-refractivity contribution in [1.82, 2.24) is 4.90 Å². The van der Waals surface area contributed by atoms with E-state index in [1.54, 1.807) is 5.56 Å². The molecule has 0 N–H and O–H groups in total. The van der Waals surface area contributed by atoms with Crippen molar-refractivity contribution >= 4 is 0 Å². The largest absolute Gasteiger partial charge is 0.302 e. The van der Waals surface area contributed by atoms with Crippen molar-refractivity contribution in [3.05, 3.63) is 35.9 Å². The highest BCUT2D eigenvalue weighted by Gasteiger charge is 2.24. The lowest BCUT2D eigenvalue weighted by Crippen LogP contribution is -2.38. The van der Waals surface area contributed by atoms with Crippen LogP contribution >= 0.6 is 0 Å². The topological polar surface area (TPSA) is 3.24 Å². The Bertz CT molecular complexity index is 367. The summed E-state index contributed by atoms with van der Waals surface area (Å²) in [7, 11) is 0. The SMILES string of the molecule is c1ccc(C2CCCN(CC3CCCCC3)C2)cc1. The van der Waals surface area contributed by atoms with Crippen LogP contribution in [0.4, 0.5) is 0 Å². The van der Waals surface area contributed by atoms with Crippen LogP contribution in [0, 0.1) is 5.92 Å². The molecule has 1 heterocycles. The first-order valence-electron chi connectivity index (χ1n) is 8.19. The molecule has 3 rings (SSSR count). The lowest BCUT2D eigenvalue weighted by molar-refractivity contribution is 0.160. The fourth-order valence-corrected chi connectivity index (χ4v) is 3.95. The van der Waals surface area contributed by atoms with E-state index in [9.17, 15) is 0 Å². The second kappa shape index (κ2) is 6.56. The molecule has 0 amide bonds. The molecular formula is C18H27N. The zero-order valence-corrected chi connectivity index (χ0v) is 12.1. The molecule has 1 heteroatoms. The second-order valence-corrected chi connectivity index (χ2v) is 6.51. The van der Waals surface area contributed by atoms with Crippen LogP contribution in [0.3, 0.4) is 0 Å². The maximum absolute atomic E-state index is 2.75. The number of likely N-dealkylation sites (tertiary alicyclic amines) is 1. The van der Waals surface area contributed by atoms with E-state index in [2.05, 4.69) is 35.2 Å². The van der Waals surface area contributed by atoms with E-state index in [1.807, 2.05) is 0 Å². The van der Waals surface area contributed by atoms with Crippen molar-refractivity contribution in [3.63, 3.8) is 0 Å². The Morgan fingerprint density at radius 3 is 2.47 bits per heavy atom. The van der Waals surface area contributed by atoms with E-state index in [-0.39, 0.29) is 0 Å². The van der Waals surface area contributed by atoms with E-state index >= 15 is 0 Å². The Morgan fingerprint density at radius 2 is 1.68 bits per heavy atom. The molecular weight excluding hydrogens is 230 g/mol. The molecule has 1 saturated carbocycles. The van der Waals surface area contributed by atoms with Crippen LogP contribution in [0.5, 0.6) is 0 Å². The van der Waals surface area contributed by atoms with Crippen LogP contribution in [-0.2, 0) is 0 Å². The molecule has 1 atom stereocenters. The van der Waals surface area contributed by atoms with Crippen molar-refractivity contribution in [2.24, 2.45) is 5.92 Å². The molecule has 1 unspecified atom stereocenters. The lowest BCUT2D eigenvalue weighted by Gasteiger charge is -2.36. The van der Waals surface area contributed by atoms with Gasteiger partial charge in [0, 0.05) is 13.1 Å². The molecule has 0 aromatic heterocycles. The summed E-state index contributed by atoms with van der Waals surface area (Å²) in [6.45, 7) is 3.99. The average molecular weight is 257 g/mol. The summed E-state index contributed by atoms with van der Waals surface area (Å²) in [4.78, 5) is 2.75. The fraction of sp³-hybridized carbons (Fsp3) is 0.667. The third-order valence-corrected chi connectivity index (χ3v) is 5.02. The second-order valence-electron chi connectivity index (χ2n) is 6.51. The van der Waals surface area contributed by atoms with Gasteiger partial charge >= 0.3 is 0 Å². The Labute approximate surface area is 118 Å². The molecule has 2 aliphatic rings. The third-order valence-electron chi connectivity index (χ3n) is 5.02. The molecule has 0 bridgehead atoms. The molecule has 0 radical (unpaired) electrons. The number of piperidine rings is 1. The fourth-order valence-electron chi connectivity index (χ4n) is 3.95. The summed E-state index contributed by atoms with van der Waals surface area (Å²) in [6, 6.07) is 11.1. The third kappa shape index (κ3) is 3.60. The van der Waals surface area contributed by atoms with Gasteiger partial charge in [0.05, 0.1) is 0 Å². The van der Waals surface area contributed by atoms with Gasteiger partial charge in [-0.25, -0.2) is 0 Å². The van der Waals surface area contributed by atoms with Gasteiger partial charge in [0.15, 0.2) is 0 Å². The lowest BCUT2D eigenvalue weighted by atomic mass is 9.86. The van der Waals surface area contributed by atoms with Crippen molar-refractivity contribution in [1.29, 1.82) is 0 Å². The molecule has 19 heavy (non-hydrogen) atoms. The molecule has 104 valence electrons. The number of nitrogens with zero attached hydrogens (tertiary/aromatic N) is 1. The van der Waals surface area contributed by atoms with Crippen molar-refractivity contribution < 1.29 is 0 Å². The quantitative estimate of drug-likeness (QED) is 0.773. The summed E-state index contributed by atoms with van der Waals surface area (Å²) in [5.74, 6) is 1.77. The van der Waals surface area contributed by atoms with Gasteiger partial charge in [-0.1, -0.05) is 49.6 Å². The number of hydrogen-bond acceptors (Lipinski definition) is 1. The summed E-state index contributed by atoms with van der Waals surface area (Å²) >= 11 is 0. The molecule has 2 fully saturated rings. The van der Waals surface area contributed by atoms with Crippen molar-refractivity contribution in [3.8, 4) is 0 Å². The van der Waals surface area contributed by atoms with Gasteiger partial charge < -0.3 is 4.90 Å². The highest BCUT2D eigenvalue weighted by Crippen LogP contribution is 2.29. The smallest absolute Gasteiger partial charge is 0.00504 e. The zero-order chi connectivity index (χ0) is 12.9. The minimum Gasteiger partial charge on any atom is -0.302 e. The van der Waals surface area contributed by atoms with Crippen LogP contribution in [-0.4, -0.2) is 24.5 Å². The zero-order valence-electron chi connectivity index (χ0n) is 12.1. The van der Waals surface area contributed by atoms with E-state index < -0.39 is 0 Å². The molecule has 1 nitrogen and oxygen atoms in total. The van der Waals surface area contributed by atoms with E-state index in [1.165, 1.54) is 64.6 Å². The minimum atomic E-state index is 0.776. The maximum atomic E-state index is 2.75. The number of hydrogen-bond donors (Lipinski definition) is 0. The Hall–Kier alpha value is -0.820. The summed E-state index contributed by atoms with van der Waals surface area (Å²) in [5.41, 5.74) is 1.55. The van der Waals surface area contributed by atoms with Crippen molar-refractivity contribution in [2.45, 2.75) is 50.9 Å². The van der Waals surface area contributed by atoms with Gasteiger partial charge in [-0.2, -0.15) is 0 Å². The standard InChI is InChI=1S/C18H27N/c1-3-8-16(9-4-1)14-19-13-7-12-18(15-19)17-10-5-2-6-11-17/h2,5-6,10-11,16,18H,1,3-4,7-9,12-15H2. The number of rotatable bonds is 3. The predicted molar refractivity (Wildman–Crippen MR) is 81.4 cm³/mol. The first kappa shape index (κ1) is 13.2. The minimum absolute atomic E-state index is 0.776. The molecule has 1 aliphatic carbocycles. The molecule has 0 spiro atoms. The normalized spacial score (nSPS) is 26.4. The molecule has 1 aromatic rings. The van der Waals surface area contributed by atoms with Gasteiger partial charge in [0.1, 0.15) is 0 Å². The van der Waals surface area contributed by atoms with E-state index in [0.29, 0.717) is 0 Å². The van der Waals surface area contributed by atoms with Gasteiger partial charge in [-0.3, -0.25) is 0 Å². The summed E-state index contributed by atoms with van der Waals surface area (Å²) in [6.07, 6.45) is 10.1. The van der Waals surface area contributed by atoms with Gasteiger partial charge in [0.25, 0.3) is 0 Å². The molecule has 1 aliphatic heterocycles. The first-order chi connectivity index (χ1) is 9.42. The first-order valence-corrected chi connectivity index (χ1v) is 8.19. The highest BCUT2D eigenvalue weighted by atomic mass is 15.1. The van der Waals surface area contributed by atoms with Crippen LogP contribution in [0.15, 0.2) is 30.3 Å². The monoisotopic (exact) mass is 257 g/mol. The molecule has 1 aromatic carbocycles. The average Bonchev–Trinajstić information content (AvgIpc) is 2.49. The maximum Gasteiger partial charge on any atom is 0.00504 e. The highest BCUT2D eigenvalue weighted by molar-refractivity contribution is 5.20. The Balaban J connectivity index is 1.55. The predicted octanol–water partition coefficient (Wildman–Crippen LogP) is 4.45. The summed E-state index contributed by atoms with van der Waals surface area (Å²) in [5, 5.41) is 0. The van der Waals surface area contributed by atoms with Crippen LogP contribution in [0.2, 0.25) is 0 Å². The van der Waals surface area contributed by atoms with Crippen LogP contribution < -0.4 is 0 Å². The molecule has 1 saturated heterocycles. The van der Waals surface area contributed by atoms with Gasteiger partial charge in [-0.15, -0.1) is 0 Å². The number of benzene rings is 1. The van der Waals surface area contributed by atoms with Crippen molar-refractivity contribution in [2.75, 3.05) is 19.6 Å².